The Bertz CT molecular complexity index is 842. The van der Waals surface area contributed by atoms with E-state index >= 15 is 0 Å². The van der Waals surface area contributed by atoms with Crippen LogP contribution >= 0.6 is 15.9 Å². The average Bonchev–Trinajstić information content (AvgIpc) is 2.89. The number of rotatable bonds is 3. The number of aromatic nitrogens is 2. The van der Waals surface area contributed by atoms with E-state index < -0.39 is 0 Å². The van der Waals surface area contributed by atoms with Crippen molar-refractivity contribution in [3.05, 3.63) is 57.9 Å². The molecular formula is C16H12BrFN2O. The van der Waals surface area contributed by atoms with E-state index in [2.05, 4.69) is 21.0 Å². The maximum Gasteiger partial charge on any atom is 0.150 e. The van der Waals surface area contributed by atoms with Crippen molar-refractivity contribution >= 4 is 27.7 Å². The molecule has 106 valence electrons. The fourth-order valence-corrected chi connectivity index (χ4v) is 2.68. The number of hydrogen-bond acceptors (Lipinski definition) is 2. The van der Waals surface area contributed by atoms with E-state index in [1.807, 2.05) is 6.92 Å². The average molecular weight is 347 g/mol. The van der Waals surface area contributed by atoms with Gasteiger partial charge in [-0.25, -0.2) is 8.91 Å². The van der Waals surface area contributed by atoms with Gasteiger partial charge < -0.3 is 0 Å². The summed E-state index contributed by atoms with van der Waals surface area (Å²) in [5.41, 5.74) is 3.29. The summed E-state index contributed by atoms with van der Waals surface area (Å²) in [5, 5.41) is 4.47. The largest absolute Gasteiger partial charge is 0.298 e. The predicted molar refractivity (Wildman–Crippen MR) is 83.1 cm³/mol. The first-order valence-electron chi connectivity index (χ1n) is 6.55. The summed E-state index contributed by atoms with van der Waals surface area (Å²) in [6.07, 6.45) is 1.55. The summed E-state index contributed by atoms with van der Waals surface area (Å²) in [6, 6.07) is 10.2. The minimum atomic E-state index is -0.332. The number of halogens is 2. The maximum atomic E-state index is 14.1. The van der Waals surface area contributed by atoms with Crippen LogP contribution in [0.15, 0.2) is 40.9 Å². The number of aldehydes is 1. The molecule has 0 amide bonds. The van der Waals surface area contributed by atoms with E-state index in [0.717, 1.165) is 23.9 Å². The highest BCUT2D eigenvalue weighted by atomic mass is 79.9. The first kappa shape index (κ1) is 13.9. The molecule has 0 saturated carbocycles. The first-order chi connectivity index (χ1) is 10.1. The summed E-state index contributed by atoms with van der Waals surface area (Å²) < 4.78 is 16.5. The topological polar surface area (TPSA) is 34.4 Å². The Hall–Kier alpha value is -2.01. The second-order valence-corrected chi connectivity index (χ2v) is 5.66. The van der Waals surface area contributed by atoms with Crippen LogP contribution in [-0.4, -0.2) is 15.9 Å². The van der Waals surface area contributed by atoms with Crippen LogP contribution in [0.3, 0.4) is 0 Å². The monoisotopic (exact) mass is 346 g/mol. The number of benzene rings is 1. The predicted octanol–water partition coefficient (Wildman–Crippen LogP) is 4.28. The van der Waals surface area contributed by atoms with E-state index in [1.165, 1.54) is 6.07 Å². The zero-order valence-electron chi connectivity index (χ0n) is 11.3. The van der Waals surface area contributed by atoms with Crippen molar-refractivity contribution in [2.45, 2.75) is 13.3 Å². The fourth-order valence-electron chi connectivity index (χ4n) is 2.34. The minimum absolute atomic E-state index is 0.332. The molecule has 0 fully saturated rings. The third-order valence-corrected chi connectivity index (χ3v) is 3.86. The third kappa shape index (κ3) is 2.49. The number of nitrogens with zero attached hydrogens (tertiary/aromatic N) is 2. The van der Waals surface area contributed by atoms with Crippen LogP contribution in [0.5, 0.6) is 0 Å². The van der Waals surface area contributed by atoms with Crippen LogP contribution in [0.2, 0.25) is 0 Å². The number of aryl methyl sites for hydroxylation is 1. The van der Waals surface area contributed by atoms with Crippen molar-refractivity contribution < 1.29 is 9.18 Å². The quantitative estimate of drug-likeness (QED) is 0.663. The second-order valence-electron chi connectivity index (χ2n) is 4.74. The Morgan fingerprint density at radius 3 is 2.76 bits per heavy atom. The Kier molecular flexibility index (Phi) is 3.59. The van der Waals surface area contributed by atoms with Gasteiger partial charge in [0, 0.05) is 21.3 Å². The Balaban J connectivity index is 2.23. The Morgan fingerprint density at radius 1 is 1.29 bits per heavy atom. The zero-order valence-corrected chi connectivity index (χ0v) is 12.9. The van der Waals surface area contributed by atoms with Gasteiger partial charge in [-0.3, -0.25) is 4.79 Å². The van der Waals surface area contributed by atoms with E-state index in [9.17, 15) is 9.18 Å². The standard InChI is InChI=1S/C16H12BrFN2O/c1-2-12-5-10(9-21)6-13-8-16(19-20(12)13)14-4-3-11(17)7-15(14)18/h3-9H,2H2,1H3. The molecule has 0 aliphatic rings. The van der Waals surface area contributed by atoms with Crippen molar-refractivity contribution in [1.82, 2.24) is 9.61 Å². The molecule has 5 heteroatoms. The lowest BCUT2D eigenvalue weighted by Crippen LogP contribution is -1.99. The van der Waals surface area contributed by atoms with Gasteiger partial charge in [0.05, 0.1) is 11.2 Å². The van der Waals surface area contributed by atoms with Gasteiger partial charge in [-0.2, -0.15) is 5.10 Å². The fraction of sp³-hybridized carbons (Fsp3) is 0.125. The van der Waals surface area contributed by atoms with Gasteiger partial charge in [-0.1, -0.05) is 22.9 Å². The molecule has 0 aliphatic heterocycles. The molecule has 2 aromatic heterocycles. The summed E-state index contributed by atoms with van der Waals surface area (Å²) >= 11 is 3.24. The molecule has 0 spiro atoms. The van der Waals surface area contributed by atoms with Crippen LogP contribution in [0, 0.1) is 5.82 Å². The number of fused-ring (bicyclic) bond motifs is 1. The van der Waals surface area contributed by atoms with E-state index in [4.69, 9.17) is 0 Å². The maximum absolute atomic E-state index is 14.1. The molecule has 0 aliphatic carbocycles. The molecule has 0 unspecified atom stereocenters. The second kappa shape index (κ2) is 5.41. The lowest BCUT2D eigenvalue weighted by Gasteiger charge is -2.03. The van der Waals surface area contributed by atoms with E-state index in [1.54, 1.807) is 34.8 Å². The van der Waals surface area contributed by atoms with Gasteiger partial charge >= 0.3 is 0 Å². The molecule has 3 nitrogen and oxygen atoms in total. The van der Waals surface area contributed by atoms with Gasteiger partial charge in [0.2, 0.25) is 0 Å². The molecule has 0 bridgehead atoms. The molecule has 0 saturated heterocycles. The summed E-state index contributed by atoms with van der Waals surface area (Å²) in [6.45, 7) is 1.99. The van der Waals surface area contributed by atoms with Crippen molar-refractivity contribution in [3.8, 4) is 11.3 Å². The highest BCUT2D eigenvalue weighted by Crippen LogP contribution is 2.26. The SMILES string of the molecule is CCc1cc(C=O)cc2cc(-c3ccc(Br)cc3F)nn12. The number of carbonyl (C=O) groups is 1. The van der Waals surface area contributed by atoms with E-state index in [0.29, 0.717) is 21.3 Å². The summed E-state index contributed by atoms with van der Waals surface area (Å²) in [7, 11) is 0. The van der Waals surface area contributed by atoms with Crippen molar-refractivity contribution in [1.29, 1.82) is 0 Å². The molecule has 0 N–H and O–H groups in total. The van der Waals surface area contributed by atoms with E-state index in [-0.39, 0.29) is 5.82 Å². The van der Waals surface area contributed by atoms with Gasteiger partial charge in [-0.15, -0.1) is 0 Å². The molecule has 1 aromatic carbocycles. The molecule has 0 atom stereocenters. The highest BCUT2D eigenvalue weighted by Gasteiger charge is 2.12. The number of pyridine rings is 1. The molecular weight excluding hydrogens is 335 g/mol. The molecule has 3 aromatic rings. The minimum Gasteiger partial charge on any atom is -0.298 e. The molecule has 0 radical (unpaired) electrons. The molecule has 2 heterocycles. The van der Waals surface area contributed by atoms with Gasteiger partial charge in [0.1, 0.15) is 12.1 Å². The molecule has 21 heavy (non-hydrogen) atoms. The van der Waals surface area contributed by atoms with Crippen LogP contribution in [0.4, 0.5) is 4.39 Å². The van der Waals surface area contributed by atoms with Crippen LogP contribution in [0.1, 0.15) is 23.0 Å². The number of hydrogen-bond donors (Lipinski definition) is 0. The van der Waals surface area contributed by atoms with Crippen LogP contribution in [0.25, 0.3) is 16.8 Å². The lowest BCUT2D eigenvalue weighted by molar-refractivity contribution is 0.112. The van der Waals surface area contributed by atoms with Crippen molar-refractivity contribution in [2.75, 3.05) is 0 Å². The summed E-state index contributed by atoms with van der Waals surface area (Å²) in [4.78, 5) is 11.0. The number of carbonyl (C=O) groups excluding carboxylic acids is 1. The first-order valence-corrected chi connectivity index (χ1v) is 7.35. The van der Waals surface area contributed by atoms with Crippen LogP contribution in [-0.2, 0) is 6.42 Å². The van der Waals surface area contributed by atoms with Gasteiger partial charge in [0.25, 0.3) is 0 Å². The van der Waals surface area contributed by atoms with Crippen LogP contribution < -0.4 is 0 Å². The smallest absolute Gasteiger partial charge is 0.150 e. The Morgan fingerprint density at radius 2 is 2.10 bits per heavy atom. The molecule has 3 rings (SSSR count). The third-order valence-electron chi connectivity index (χ3n) is 3.36. The van der Waals surface area contributed by atoms with Crippen molar-refractivity contribution in [3.63, 3.8) is 0 Å². The highest BCUT2D eigenvalue weighted by molar-refractivity contribution is 9.10. The van der Waals surface area contributed by atoms with Gasteiger partial charge in [0.15, 0.2) is 0 Å². The van der Waals surface area contributed by atoms with Crippen molar-refractivity contribution in [2.24, 2.45) is 0 Å². The summed E-state index contributed by atoms with van der Waals surface area (Å²) in [5.74, 6) is -0.332. The Labute approximate surface area is 129 Å². The van der Waals surface area contributed by atoms with Gasteiger partial charge in [-0.05, 0) is 42.8 Å². The normalized spacial score (nSPS) is 11.0. The zero-order chi connectivity index (χ0) is 15.0. The lowest BCUT2D eigenvalue weighted by atomic mass is 10.1.